The van der Waals surface area contributed by atoms with Gasteiger partial charge in [0.25, 0.3) is 5.56 Å². The van der Waals surface area contributed by atoms with Gasteiger partial charge < -0.3 is 10.1 Å². The van der Waals surface area contributed by atoms with E-state index in [0.717, 1.165) is 30.6 Å². The fourth-order valence-corrected chi connectivity index (χ4v) is 5.28. The molecule has 3 aromatic rings. The number of nitrogens with one attached hydrogen (secondary N) is 1. The summed E-state index contributed by atoms with van der Waals surface area (Å²) in [5, 5.41) is 6.01. The molecule has 1 saturated heterocycles. The van der Waals surface area contributed by atoms with E-state index >= 15 is 0 Å². The van der Waals surface area contributed by atoms with Crippen LogP contribution in [0.4, 0.5) is 0 Å². The maximum Gasteiger partial charge on any atom is 0.263 e. The van der Waals surface area contributed by atoms with E-state index in [0.29, 0.717) is 28.5 Å². The van der Waals surface area contributed by atoms with Crippen LogP contribution in [0.2, 0.25) is 0 Å². The molecule has 8 heteroatoms. The zero-order valence-electron chi connectivity index (χ0n) is 16.5. The number of allylic oxidation sites excluding steroid dienone is 1. The molecule has 1 aliphatic rings. The number of nitrogens with zero attached hydrogens (tertiary/aromatic N) is 2. The van der Waals surface area contributed by atoms with Gasteiger partial charge in [-0.15, -0.1) is 17.9 Å². The van der Waals surface area contributed by atoms with Gasteiger partial charge in [-0.05, 0) is 18.4 Å². The van der Waals surface area contributed by atoms with E-state index < -0.39 is 0 Å². The summed E-state index contributed by atoms with van der Waals surface area (Å²) in [4.78, 5) is 30.9. The van der Waals surface area contributed by atoms with Gasteiger partial charge in [0.1, 0.15) is 4.83 Å². The maximum absolute atomic E-state index is 13.3. The van der Waals surface area contributed by atoms with Gasteiger partial charge in [-0.2, -0.15) is 0 Å². The van der Waals surface area contributed by atoms with E-state index in [1.165, 1.54) is 23.1 Å². The number of carbonyl (C=O) groups excluding carboxylic acids is 1. The van der Waals surface area contributed by atoms with Crippen molar-refractivity contribution in [3.63, 3.8) is 0 Å². The van der Waals surface area contributed by atoms with Crippen LogP contribution < -0.4 is 10.9 Å². The summed E-state index contributed by atoms with van der Waals surface area (Å²) in [6.07, 6.45) is 3.80. The highest BCUT2D eigenvalue weighted by Gasteiger charge is 2.19. The second-order valence-corrected chi connectivity index (χ2v) is 8.82. The standard InChI is InChI=1S/C22H23N3O3S2/c1-2-10-25-21(27)19-17(15-7-4-3-5-8-15)13-29-20(19)24-22(25)30-14-18(26)23-12-16-9-6-11-28-16/h2-5,7-8,13,16H,1,6,9-12,14H2,(H,23,26)/t16-/m0/s1. The molecule has 1 atom stereocenters. The lowest BCUT2D eigenvalue weighted by atomic mass is 10.1. The molecule has 0 aliphatic carbocycles. The van der Waals surface area contributed by atoms with Gasteiger partial charge in [0.05, 0.1) is 17.2 Å². The van der Waals surface area contributed by atoms with Crippen molar-refractivity contribution in [2.45, 2.75) is 30.6 Å². The summed E-state index contributed by atoms with van der Waals surface area (Å²) >= 11 is 2.71. The molecule has 30 heavy (non-hydrogen) atoms. The van der Waals surface area contributed by atoms with E-state index in [1.807, 2.05) is 35.7 Å². The van der Waals surface area contributed by atoms with Gasteiger partial charge >= 0.3 is 0 Å². The fourth-order valence-electron chi connectivity index (χ4n) is 3.45. The average Bonchev–Trinajstić information content (AvgIpc) is 3.43. The van der Waals surface area contributed by atoms with Crippen LogP contribution in [0.25, 0.3) is 21.3 Å². The minimum absolute atomic E-state index is 0.0915. The van der Waals surface area contributed by atoms with Crippen LogP contribution in [-0.2, 0) is 16.1 Å². The predicted octanol–water partition coefficient (Wildman–Crippen LogP) is 3.70. The molecule has 0 saturated carbocycles. The molecular weight excluding hydrogens is 418 g/mol. The Morgan fingerprint density at radius 1 is 1.40 bits per heavy atom. The first-order valence-corrected chi connectivity index (χ1v) is 11.7. The lowest BCUT2D eigenvalue weighted by Gasteiger charge is -2.12. The number of benzene rings is 1. The van der Waals surface area contributed by atoms with Gasteiger partial charge in [0.2, 0.25) is 5.91 Å². The normalized spacial score (nSPS) is 16.1. The highest BCUT2D eigenvalue weighted by atomic mass is 32.2. The van der Waals surface area contributed by atoms with Crippen LogP contribution in [0.3, 0.4) is 0 Å². The molecule has 1 N–H and O–H groups in total. The monoisotopic (exact) mass is 441 g/mol. The molecule has 156 valence electrons. The molecule has 0 bridgehead atoms. The largest absolute Gasteiger partial charge is 0.376 e. The van der Waals surface area contributed by atoms with Crippen LogP contribution in [0.5, 0.6) is 0 Å². The molecule has 1 fully saturated rings. The number of aromatic nitrogens is 2. The first-order valence-electron chi connectivity index (χ1n) is 9.87. The van der Waals surface area contributed by atoms with Crippen LogP contribution >= 0.6 is 23.1 Å². The molecule has 2 aromatic heterocycles. The Bertz CT molecular complexity index is 1100. The molecule has 1 aliphatic heterocycles. The topological polar surface area (TPSA) is 73.2 Å². The van der Waals surface area contributed by atoms with Gasteiger partial charge in [-0.25, -0.2) is 4.98 Å². The number of ether oxygens (including phenoxy) is 1. The predicted molar refractivity (Wildman–Crippen MR) is 122 cm³/mol. The lowest BCUT2D eigenvalue weighted by Crippen LogP contribution is -2.33. The van der Waals surface area contributed by atoms with Crippen molar-refractivity contribution in [2.75, 3.05) is 18.9 Å². The maximum atomic E-state index is 13.3. The summed E-state index contributed by atoms with van der Waals surface area (Å²) in [6.45, 7) is 5.39. The van der Waals surface area contributed by atoms with Gasteiger partial charge in [0, 0.05) is 30.6 Å². The number of hydrogen-bond acceptors (Lipinski definition) is 6. The number of carbonyl (C=O) groups is 1. The number of rotatable bonds is 8. The fraction of sp³-hybridized carbons (Fsp3) is 0.318. The van der Waals surface area contributed by atoms with Crippen molar-refractivity contribution in [3.05, 3.63) is 58.7 Å². The third kappa shape index (κ3) is 4.50. The van der Waals surface area contributed by atoms with Crippen LogP contribution in [0.15, 0.2) is 58.3 Å². The summed E-state index contributed by atoms with van der Waals surface area (Å²) in [5.74, 6) is 0.102. The van der Waals surface area contributed by atoms with Crippen LogP contribution in [0, 0.1) is 0 Å². The second kappa shape index (κ2) is 9.59. The van der Waals surface area contributed by atoms with Crippen molar-refractivity contribution < 1.29 is 9.53 Å². The summed E-state index contributed by atoms with van der Waals surface area (Å²) in [5.41, 5.74) is 1.76. The number of thioether (sulfide) groups is 1. The Kier molecular flexibility index (Phi) is 6.66. The van der Waals surface area contributed by atoms with Gasteiger partial charge in [-0.1, -0.05) is 48.2 Å². The average molecular weight is 442 g/mol. The number of fused-ring (bicyclic) bond motifs is 1. The number of thiophene rings is 1. The van der Waals surface area contributed by atoms with E-state index in [9.17, 15) is 9.59 Å². The molecule has 1 amide bonds. The molecule has 6 nitrogen and oxygen atoms in total. The van der Waals surface area contributed by atoms with Crippen molar-refractivity contribution >= 4 is 39.2 Å². The van der Waals surface area contributed by atoms with E-state index in [4.69, 9.17) is 9.72 Å². The Morgan fingerprint density at radius 3 is 2.97 bits per heavy atom. The highest BCUT2D eigenvalue weighted by molar-refractivity contribution is 7.99. The van der Waals surface area contributed by atoms with Gasteiger partial charge in [-0.3, -0.25) is 14.2 Å². The van der Waals surface area contributed by atoms with Crippen molar-refractivity contribution in [2.24, 2.45) is 0 Å². The SMILES string of the molecule is C=CCn1c(SCC(=O)NC[C@@H]2CCCO2)nc2scc(-c3ccccc3)c2c1=O. The second-order valence-electron chi connectivity index (χ2n) is 7.02. The molecule has 3 heterocycles. The van der Waals surface area contributed by atoms with E-state index in [-0.39, 0.29) is 23.3 Å². The first-order chi connectivity index (χ1) is 14.7. The Hall–Kier alpha value is -2.42. The summed E-state index contributed by atoms with van der Waals surface area (Å²) < 4.78 is 7.12. The lowest BCUT2D eigenvalue weighted by molar-refractivity contribution is -0.119. The Balaban J connectivity index is 1.57. The smallest absolute Gasteiger partial charge is 0.263 e. The van der Waals surface area contributed by atoms with Crippen molar-refractivity contribution in [1.29, 1.82) is 0 Å². The number of hydrogen-bond donors (Lipinski definition) is 1. The minimum Gasteiger partial charge on any atom is -0.376 e. The molecule has 4 rings (SSSR count). The third-order valence-electron chi connectivity index (χ3n) is 4.94. The van der Waals surface area contributed by atoms with Crippen molar-refractivity contribution in [3.8, 4) is 11.1 Å². The summed E-state index contributed by atoms with van der Waals surface area (Å²) in [6, 6.07) is 9.83. The van der Waals surface area contributed by atoms with E-state index in [1.54, 1.807) is 10.6 Å². The highest BCUT2D eigenvalue weighted by Crippen LogP contribution is 2.32. The molecule has 0 radical (unpaired) electrons. The Labute approximate surface area is 183 Å². The molecule has 0 spiro atoms. The van der Waals surface area contributed by atoms with Gasteiger partial charge in [0.15, 0.2) is 5.16 Å². The zero-order valence-corrected chi connectivity index (χ0v) is 18.1. The van der Waals surface area contributed by atoms with Crippen molar-refractivity contribution in [1.82, 2.24) is 14.9 Å². The first kappa shape index (κ1) is 20.8. The number of amides is 1. The van der Waals surface area contributed by atoms with Crippen LogP contribution in [-0.4, -0.2) is 40.5 Å². The Morgan fingerprint density at radius 2 is 2.23 bits per heavy atom. The molecular formula is C22H23N3O3S2. The van der Waals surface area contributed by atoms with Crippen LogP contribution in [0.1, 0.15) is 12.8 Å². The van der Waals surface area contributed by atoms with E-state index in [2.05, 4.69) is 11.9 Å². The molecule has 1 aromatic carbocycles. The summed E-state index contributed by atoms with van der Waals surface area (Å²) in [7, 11) is 0. The minimum atomic E-state index is -0.109. The zero-order chi connectivity index (χ0) is 20.9. The quantitative estimate of drug-likeness (QED) is 0.328. The third-order valence-corrected chi connectivity index (χ3v) is 6.79. The molecule has 0 unspecified atom stereocenters.